The minimum atomic E-state index is -0.252. The van der Waals surface area contributed by atoms with Gasteiger partial charge in [0.25, 0.3) is 0 Å². The molecule has 0 radical (unpaired) electrons. The molecule has 6 aromatic rings. The van der Waals surface area contributed by atoms with Gasteiger partial charge in [-0.25, -0.2) is 0 Å². The molecule has 0 aliphatic heterocycles. The van der Waals surface area contributed by atoms with E-state index in [2.05, 4.69) is 64.1 Å². The van der Waals surface area contributed by atoms with Crippen molar-refractivity contribution < 1.29 is 29.2 Å². The zero-order valence-electron chi connectivity index (χ0n) is 40.6. The van der Waals surface area contributed by atoms with E-state index < -0.39 is 0 Å². The number of hydrogen-bond donors (Lipinski definition) is 2. The summed E-state index contributed by atoms with van der Waals surface area (Å²) in [5.74, 6) is 3.34. The molecule has 4 aliphatic rings. The maximum absolute atomic E-state index is 12.5. The molecule has 0 aromatic heterocycles. The van der Waals surface area contributed by atoms with Crippen molar-refractivity contribution in [2.45, 2.75) is 149 Å². The quantitative estimate of drug-likeness (QED) is 0.127. The highest BCUT2D eigenvalue weighted by Crippen LogP contribution is 2.50. The van der Waals surface area contributed by atoms with Crippen molar-refractivity contribution in [3.8, 4) is 79.0 Å². The molecule has 10 rings (SSSR count). The fourth-order valence-corrected chi connectivity index (χ4v) is 12.2. The third-order valence-corrected chi connectivity index (χ3v) is 15.3. The molecule has 2 atom stereocenters. The minimum absolute atomic E-state index is 0.252. The van der Waals surface area contributed by atoms with Crippen molar-refractivity contribution in [2.75, 3.05) is 14.2 Å². The normalized spacial score (nSPS) is 16.2. The van der Waals surface area contributed by atoms with E-state index in [-0.39, 0.29) is 12.2 Å². The molecular formula is C61H68O6. The van der Waals surface area contributed by atoms with Crippen LogP contribution in [0.2, 0.25) is 0 Å². The predicted octanol–water partition coefficient (Wildman–Crippen LogP) is 14.5. The second-order valence-electron chi connectivity index (χ2n) is 20.1. The molecule has 4 aliphatic carbocycles. The van der Waals surface area contributed by atoms with Crippen molar-refractivity contribution in [2.24, 2.45) is 0 Å². The Morgan fingerprint density at radius 3 is 1.09 bits per heavy atom. The van der Waals surface area contributed by atoms with Gasteiger partial charge in [0.1, 0.15) is 34.5 Å². The molecule has 2 N–H and O–H groups in total. The van der Waals surface area contributed by atoms with Gasteiger partial charge in [0.05, 0.1) is 26.4 Å². The zero-order chi connectivity index (χ0) is 46.3. The summed E-state index contributed by atoms with van der Waals surface area (Å²) >= 11 is 0. The molecule has 0 spiro atoms. The number of benzene rings is 6. The van der Waals surface area contributed by atoms with Gasteiger partial charge < -0.3 is 29.2 Å². The number of ether oxygens (including phenoxy) is 4. The first-order valence-electron chi connectivity index (χ1n) is 25.3. The van der Waals surface area contributed by atoms with E-state index in [1.54, 1.807) is 14.2 Å². The second-order valence-corrected chi connectivity index (χ2v) is 20.1. The Labute approximate surface area is 398 Å². The maximum Gasteiger partial charge on any atom is 0.131 e. The summed E-state index contributed by atoms with van der Waals surface area (Å²) in [6.07, 6.45) is 18.3. The Morgan fingerprint density at radius 1 is 0.418 bits per heavy atom. The van der Waals surface area contributed by atoms with Crippen LogP contribution in [0.4, 0.5) is 0 Å². The highest BCUT2D eigenvalue weighted by molar-refractivity contribution is 5.90. The van der Waals surface area contributed by atoms with Crippen LogP contribution >= 0.6 is 0 Å². The number of fused-ring (bicyclic) bond motifs is 4. The first kappa shape index (κ1) is 44.9. The Bertz CT molecular complexity index is 2590. The largest absolute Gasteiger partial charge is 0.507 e. The van der Waals surface area contributed by atoms with Gasteiger partial charge >= 0.3 is 0 Å². The summed E-state index contributed by atoms with van der Waals surface area (Å²) in [6.45, 7) is 8.41. The Hall–Kier alpha value is -5.88. The topological polar surface area (TPSA) is 77.4 Å². The molecule has 348 valence electrons. The fourth-order valence-electron chi connectivity index (χ4n) is 12.2. The third-order valence-electron chi connectivity index (χ3n) is 15.3. The van der Waals surface area contributed by atoms with Crippen molar-refractivity contribution in [1.82, 2.24) is 0 Å². The maximum atomic E-state index is 12.5. The van der Waals surface area contributed by atoms with Crippen LogP contribution in [-0.4, -0.2) is 36.6 Å². The number of phenolic OH excluding ortho intramolecular Hbond substituents is 2. The molecule has 0 saturated heterocycles. The Balaban J connectivity index is 0.958. The van der Waals surface area contributed by atoms with E-state index in [4.69, 9.17) is 18.9 Å². The summed E-state index contributed by atoms with van der Waals surface area (Å²) in [6, 6.07) is 25.3. The van der Waals surface area contributed by atoms with Crippen LogP contribution in [0, 0.1) is 13.8 Å². The number of aromatic hydroxyl groups is 2. The Morgan fingerprint density at radius 2 is 0.746 bits per heavy atom. The number of methoxy groups -OCH3 is 2. The SMILES string of the molecule is COc1ccc(OC(C)C[C@H](C)Oc2ccc(OC)cc2-c2cc(C)cc(-c3c4c(cc5c3CCCC5)CCCC4)c2O)c(-c2cc(C)cc(-c3c4c(cc5c3CCCC5)CCCC4)c2O)c1. The molecule has 67 heavy (non-hydrogen) atoms. The smallest absolute Gasteiger partial charge is 0.131 e. The first-order chi connectivity index (χ1) is 32.6. The monoisotopic (exact) mass is 897 g/mol. The van der Waals surface area contributed by atoms with Crippen LogP contribution in [0.25, 0.3) is 44.5 Å². The highest BCUT2D eigenvalue weighted by Gasteiger charge is 2.29. The lowest BCUT2D eigenvalue weighted by atomic mass is 9.76. The number of rotatable bonds is 12. The van der Waals surface area contributed by atoms with Crippen molar-refractivity contribution >= 4 is 0 Å². The van der Waals surface area contributed by atoms with Gasteiger partial charge in [0.15, 0.2) is 0 Å². The molecule has 0 amide bonds. The number of hydrogen-bond acceptors (Lipinski definition) is 6. The van der Waals surface area contributed by atoms with Crippen LogP contribution in [-0.2, 0) is 51.4 Å². The standard InChI is InChI=1S/C61H68O6/c1-36-27-52(60(62)54(29-36)58-46-19-11-7-15-40(46)32-41-16-8-12-20-47(41)58)50-34-44(64-5)23-25-56(50)66-38(3)31-39(4)67-57-26-24-45(65-6)35-51(57)53-28-37(2)30-55(61(53)63)59-48-21-13-9-17-42(48)33-43-18-10-14-22-49(43)59/h23-30,32-35,38-39,62-63H,7-22,31H2,1-6H3/t38-,39?/m0/s1. The molecular weight excluding hydrogens is 829 g/mol. The van der Waals surface area contributed by atoms with Crippen molar-refractivity contribution in [1.29, 1.82) is 0 Å². The lowest BCUT2D eigenvalue weighted by Gasteiger charge is -2.29. The fraction of sp³-hybridized carbons (Fsp3) is 0.410. The lowest BCUT2D eigenvalue weighted by molar-refractivity contribution is 0.131. The summed E-state index contributed by atoms with van der Waals surface area (Å²) < 4.78 is 25.3. The van der Waals surface area contributed by atoms with E-state index in [9.17, 15) is 10.2 Å². The number of phenols is 2. The summed E-state index contributed by atoms with van der Waals surface area (Å²) in [4.78, 5) is 0. The minimum Gasteiger partial charge on any atom is -0.507 e. The summed E-state index contributed by atoms with van der Waals surface area (Å²) in [5.41, 5.74) is 21.2. The van der Waals surface area contributed by atoms with E-state index >= 15 is 0 Å². The van der Waals surface area contributed by atoms with Crippen LogP contribution < -0.4 is 18.9 Å². The van der Waals surface area contributed by atoms with E-state index in [1.165, 1.54) is 107 Å². The third kappa shape index (κ3) is 8.78. The zero-order valence-corrected chi connectivity index (χ0v) is 40.6. The van der Waals surface area contributed by atoms with Crippen molar-refractivity contribution in [3.63, 3.8) is 0 Å². The van der Waals surface area contributed by atoms with Crippen LogP contribution in [0.3, 0.4) is 0 Å². The number of aryl methyl sites for hydroxylation is 6. The van der Waals surface area contributed by atoms with E-state index in [0.717, 1.165) is 95.9 Å². The second kappa shape index (κ2) is 19.0. The molecule has 0 saturated carbocycles. The van der Waals surface area contributed by atoms with E-state index in [0.29, 0.717) is 40.9 Å². The molecule has 1 unspecified atom stereocenters. The molecule has 0 heterocycles. The van der Waals surface area contributed by atoms with Gasteiger partial charge in [-0.3, -0.25) is 0 Å². The Kier molecular flexibility index (Phi) is 12.8. The van der Waals surface area contributed by atoms with Gasteiger partial charge in [-0.2, -0.15) is 0 Å². The molecule has 0 fully saturated rings. The van der Waals surface area contributed by atoms with Gasteiger partial charge in [0, 0.05) is 39.8 Å². The average Bonchev–Trinajstić information content (AvgIpc) is 3.34. The summed E-state index contributed by atoms with van der Waals surface area (Å²) in [5, 5.41) is 25.0. The first-order valence-corrected chi connectivity index (χ1v) is 25.3. The van der Waals surface area contributed by atoms with Crippen LogP contribution in [0.5, 0.6) is 34.5 Å². The molecule has 6 heteroatoms. The average molecular weight is 897 g/mol. The van der Waals surface area contributed by atoms with Crippen LogP contribution in [0.1, 0.15) is 127 Å². The van der Waals surface area contributed by atoms with Crippen LogP contribution in [0.15, 0.2) is 72.8 Å². The van der Waals surface area contributed by atoms with Gasteiger partial charge in [-0.1, -0.05) is 12.1 Å². The molecule has 6 aromatic carbocycles. The molecule has 6 nitrogen and oxygen atoms in total. The molecule has 0 bridgehead atoms. The van der Waals surface area contributed by atoms with Crippen molar-refractivity contribution in [3.05, 3.63) is 128 Å². The van der Waals surface area contributed by atoms with E-state index in [1.807, 2.05) is 36.4 Å². The highest BCUT2D eigenvalue weighted by atomic mass is 16.5. The van der Waals surface area contributed by atoms with Gasteiger partial charge in [-0.05, 0) is 258 Å². The summed E-state index contributed by atoms with van der Waals surface area (Å²) in [7, 11) is 3.36. The van der Waals surface area contributed by atoms with Gasteiger partial charge in [-0.15, -0.1) is 0 Å². The lowest BCUT2D eigenvalue weighted by Crippen LogP contribution is -2.23. The van der Waals surface area contributed by atoms with Gasteiger partial charge in [0.2, 0.25) is 0 Å². The predicted molar refractivity (Wildman–Crippen MR) is 272 cm³/mol.